The van der Waals surface area contributed by atoms with Crippen molar-refractivity contribution in [3.05, 3.63) is 0 Å². The Morgan fingerprint density at radius 3 is 0.800 bits per heavy atom. The molecule has 0 bridgehead atoms. The zero-order chi connectivity index (χ0) is 0. The quantitative estimate of drug-likeness (QED) is 0.328. The van der Waals surface area contributed by atoms with Crippen molar-refractivity contribution in [1.82, 2.24) is 0 Å². The molecule has 0 aromatic carbocycles. The van der Waals surface area contributed by atoms with E-state index in [0.29, 0.717) is 0 Å². The Morgan fingerprint density at radius 1 is 0.800 bits per heavy atom. The Balaban J connectivity index is 0. The monoisotopic (exact) mass is 749 g/mol. The summed E-state index contributed by atoms with van der Waals surface area (Å²) < 4.78 is 0. The first-order valence-corrected chi connectivity index (χ1v) is 0. The van der Waals surface area contributed by atoms with Crippen LogP contribution in [0.3, 0.4) is 0 Å². The Hall–Kier alpha value is 6.26. The van der Waals surface area contributed by atoms with Crippen molar-refractivity contribution >= 4 is 0 Å². The Labute approximate surface area is 181 Å². The molecule has 1 radical (unpaired) electrons. The molecule has 0 aromatic heterocycles. The largest absolute Gasteiger partial charge is 0 e. The van der Waals surface area contributed by atoms with Crippen LogP contribution >= 0.6 is 0 Å². The van der Waals surface area contributed by atoms with E-state index in [-0.39, 0.29) is 188 Å². The van der Waals surface area contributed by atoms with Crippen LogP contribution in [-0.2, 0) is 32.7 Å². The molecule has 19 valence electrons. The molecule has 0 atom stereocenters. The van der Waals surface area contributed by atoms with E-state index in [0.717, 1.165) is 0 Å². The minimum Gasteiger partial charge on any atom is 0 e. The van der Waals surface area contributed by atoms with Crippen molar-refractivity contribution < 1.29 is 188 Å². The SMILES string of the molecule is [Ce].[Ce].[Nd].[U].[Y]. The van der Waals surface area contributed by atoms with Gasteiger partial charge in [-0.25, -0.2) is 0 Å². The van der Waals surface area contributed by atoms with Crippen molar-refractivity contribution in [2.24, 2.45) is 0 Å². The van der Waals surface area contributed by atoms with Crippen LogP contribution in [0.15, 0.2) is 0 Å². The molecule has 0 aliphatic rings. The van der Waals surface area contributed by atoms with Crippen LogP contribution in [0, 0.1) is 155 Å². The van der Waals surface area contributed by atoms with Gasteiger partial charge >= 0.3 is 0 Å². The smallest absolute Gasteiger partial charge is 0 e. The van der Waals surface area contributed by atoms with Gasteiger partial charge in [0.25, 0.3) is 0 Å². The van der Waals surface area contributed by atoms with Crippen LogP contribution in [0.2, 0.25) is 0 Å². The average molecular weight is 751 g/mol. The predicted molar refractivity (Wildman–Crippen MR) is 0 cm³/mol. The summed E-state index contributed by atoms with van der Waals surface area (Å²) in [7, 11) is 0. The number of hydrogen-bond acceptors (Lipinski definition) is 0. The first-order valence-electron chi connectivity index (χ1n) is 0. The van der Waals surface area contributed by atoms with E-state index in [4.69, 9.17) is 0 Å². The molecule has 0 unspecified atom stereocenters. The second kappa shape index (κ2) is 22.5. The molecule has 0 heterocycles. The molecule has 0 spiro atoms. The second-order valence-electron chi connectivity index (χ2n) is 0. The van der Waals surface area contributed by atoms with Crippen LogP contribution in [0.1, 0.15) is 0 Å². The van der Waals surface area contributed by atoms with Crippen molar-refractivity contribution in [3.8, 4) is 0 Å². The van der Waals surface area contributed by atoms with Gasteiger partial charge in [-0.3, -0.25) is 0 Å². The van der Waals surface area contributed by atoms with Crippen molar-refractivity contribution in [2.45, 2.75) is 0 Å². The second-order valence-corrected chi connectivity index (χ2v) is 0. The molecule has 0 saturated heterocycles. The molecule has 0 fully saturated rings. The minimum absolute atomic E-state index is 0. The third-order valence-electron chi connectivity index (χ3n) is 0. The maximum absolute atomic E-state index is 0. The standard InChI is InChI=1S/2Ce.Nd.U.Y. The van der Waals surface area contributed by atoms with Crippen LogP contribution in [0.5, 0.6) is 0 Å². The Bertz CT molecular complexity index is 9.61. The maximum atomic E-state index is 0. The fraction of sp³-hybridized carbons (Fsp3) is 0. The van der Waals surface area contributed by atoms with Crippen molar-refractivity contribution in [1.29, 1.82) is 0 Å². The predicted octanol–water partition coefficient (Wildman–Crippen LogP) is -0.00250. The van der Waals surface area contributed by atoms with E-state index in [1.54, 1.807) is 0 Å². The van der Waals surface area contributed by atoms with E-state index in [1.165, 1.54) is 0 Å². The maximum Gasteiger partial charge on any atom is 0 e. The van der Waals surface area contributed by atoms with Gasteiger partial charge in [0, 0.05) is 188 Å². The van der Waals surface area contributed by atoms with Gasteiger partial charge in [0.2, 0.25) is 0 Å². The molecule has 0 saturated carbocycles. The summed E-state index contributed by atoms with van der Waals surface area (Å²) in [6.07, 6.45) is 0. The van der Waals surface area contributed by atoms with E-state index in [1.807, 2.05) is 0 Å². The molecule has 0 nitrogen and oxygen atoms in total. The summed E-state index contributed by atoms with van der Waals surface area (Å²) in [5, 5.41) is 0. The average Bonchev–Trinajstić information content (AvgIpc) is 0. The first-order chi connectivity index (χ1) is 0. The van der Waals surface area contributed by atoms with E-state index < -0.39 is 0 Å². The molecular formula is Ce2NdUY. The molecule has 0 aliphatic heterocycles. The molecular weight excluding hydrogens is 751 g/mol. The molecule has 5 heteroatoms. The molecule has 0 amide bonds. The van der Waals surface area contributed by atoms with Crippen molar-refractivity contribution in [3.63, 3.8) is 0 Å². The van der Waals surface area contributed by atoms with Gasteiger partial charge in [-0.15, -0.1) is 0 Å². The molecule has 5 heavy (non-hydrogen) atoms. The fourth-order valence-electron chi connectivity index (χ4n) is 0. The van der Waals surface area contributed by atoms with Crippen LogP contribution in [0.4, 0.5) is 0 Å². The number of rotatable bonds is 0. The zero-order valence-corrected chi connectivity index (χ0v) is 19.1. The molecule has 0 N–H and O–H groups in total. The topological polar surface area (TPSA) is 0 Å². The van der Waals surface area contributed by atoms with E-state index in [9.17, 15) is 0 Å². The van der Waals surface area contributed by atoms with Gasteiger partial charge in [-0.05, 0) is 0 Å². The third-order valence-corrected chi connectivity index (χ3v) is 0. The van der Waals surface area contributed by atoms with E-state index >= 15 is 0 Å². The zero-order valence-electron chi connectivity index (χ0n) is 2.58. The molecule has 0 aliphatic carbocycles. The van der Waals surface area contributed by atoms with Crippen LogP contribution in [0.25, 0.3) is 0 Å². The van der Waals surface area contributed by atoms with Crippen LogP contribution in [-0.4, -0.2) is 0 Å². The fourth-order valence-corrected chi connectivity index (χ4v) is 0. The number of hydrogen-bond donors (Lipinski definition) is 0. The minimum atomic E-state index is 0. The normalized spacial score (nSPS) is 0. The van der Waals surface area contributed by atoms with Gasteiger partial charge in [0.05, 0.1) is 0 Å². The third kappa shape index (κ3) is 17.9. The van der Waals surface area contributed by atoms with Crippen LogP contribution < -0.4 is 0 Å². The summed E-state index contributed by atoms with van der Waals surface area (Å²) in [4.78, 5) is 0. The van der Waals surface area contributed by atoms with Gasteiger partial charge in [0.15, 0.2) is 0 Å². The summed E-state index contributed by atoms with van der Waals surface area (Å²) >= 11 is 0. The van der Waals surface area contributed by atoms with Gasteiger partial charge in [-0.2, -0.15) is 0 Å². The molecule has 0 aromatic rings. The summed E-state index contributed by atoms with van der Waals surface area (Å²) in [6, 6.07) is 0. The summed E-state index contributed by atoms with van der Waals surface area (Å²) in [6.45, 7) is 0. The van der Waals surface area contributed by atoms with Gasteiger partial charge < -0.3 is 0 Å². The summed E-state index contributed by atoms with van der Waals surface area (Å²) in [5.74, 6) is 0. The van der Waals surface area contributed by atoms with Crippen molar-refractivity contribution in [2.75, 3.05) is 0 Å². The molecule has 0 rings (SSSR count). The van der Waals surface area contributed by atoms with Gasteiger partial charge in [-0.1, -0.05) is 0 Å². The van der Waals surface area contributed by atoms with Gasteiger partial charge in [0.1, 0.15) is 0 Å². The summed E-state index contributed by atoms with van der Waals surface area (Å²) in [5.41, 5.74) is 0. The Morgan fingerprint density at radius 2 is 0.800 bits per heavy atom. The van der Waals surface area contributed by atoms with E-state index in [2.05, 4.69) is 0 Å². The first kappa shape index (κ1) is 30.2. The Kier molecular flexibility index (Phi) is 136.